The van der Waals surface area contributed by atoms with Crippen LogP contribution in [0, 0.1) is 10.1 Å². The van der Waals surface area contributed by atoms with Crippen molar-refractivity contribution >= 4 is 17.3 Å². The molecule has 8 nitrogen and oxygen atoms in total. The Kier molecular flexibility index (Phi) is 5.88. The molecular weight excluding hydrogens is 264 g/mol. The number of ether oxygens (including phenoxy) is 1. The SMILES string of the molecule is CC(C)OCCNC(=O)c1cc(NN)ccc1[N+](=O)[O-]. The lowest BCUT2D eigenvalue weighted by atomic mass is 10.1. The molecule has 1 aromatic rings. The number of nitro benzene ring substituents is 1. The molecule has 0 radical (unpaired) electrons. The maximum atomic E-state index is 11.9. The van der Waals surface area contributed by atoms with Crippen LogP contribution in [0.2, 0.25) is 0 Å². The number of hydrogen-bond donors (Lipinski definition) is 3. The zero-order valence-corrected chi connectivity index (χ0v) is 11.4. The summed E-state index contributed by atoms with van der Waals surface area (Å²) < 4.78 is 5.27. The van der Waals surface area contributed by atoms with Crippen molar-refractivity contribution in [1.29, 1.82) is 0 Å². The van der Waals surface area contributed by atoms with Crippen molar-refractivity contribution in [3.05, 3.63) is 33.9 Å². The second-order valence-corrected chi connectivity index (χ2v) is 4.31. The first-order chi connectivity index (χ1) is 9.45. The Hall–Kier alpha value is -2.19. The van der Waals surface area contributed by atoms with Gasteiger partial charge in [0.05, 0.1) is 17.6 Å². The van der Waals surface area contributed by atoms with Gasteiger partial charge in [0.25, 0.3) is 11.6 Å². The van der Waals surface area contributed by atoms with Crippen molar-refractivity contribution in [2.45, 2.75) is 20.0 Å². The maximum Gasteiger partial charge on any atom is 0.282 e. The molecule has 0 saturated carbocycles. The fourth-order valence-corrected chi connectivity index (χ4v) is 1.52. The van der Waals surface area contributed by atoms with Crippen molar-refractivity contribution < 1.29 is 14.5 Å². The van der Waals surface area contributed by atoms with Gasteiger partial charge in [0.1, 0.15) is 5.56 Å². The highest BCUT2D eigenvalue weighted by Crippen LogP contribution is 2.22. The van der Waals surface area contributed by atoms with Gasteiger partial charge in [-0.2, -0.15) is 0 Å². The lowest BCUT2D eigenvalue weighted by Gasteiger charge is -2.09. The monoisotopic (exact) mass is 282 g/mol. The number of hydrogen-bond acceptors (Lipinski definition) is 6. The van der Waals surface area contributed by atoms with Crippen LogP contribution in [0.3, 0.4) is 0 Å². The van der Waals surface area contributed by atoms with E-state index in [0.717, 1.165) is 0 Å². The molecule has 20 heavy (non-hydrogen) atoms. The maximum absolute atomic E-state index is 11.9. The molecule has 0 bridgehead atoms. The Morgan fingerprint density at radius 3 is 2.75 bits per heavy atom. The molecule has 0 fully saturated rings. The summed E-state index contributed by atoms with van der Waals surface area (Å²) in [5.74, 6) is 4.69. The van der Waals surface area contributed by atoms with Crippen LogP contribution in [0.5, 0.6) is 0 Å². The predicted octanol–water partition coefficient (Wildman–Crippen LogP) is 1.04. The van der Waals surface area contributed by atoms with Crippen molar-refractivity contribution in [3.8, 4) is 0 Å². The van der Waals surface area contributed by atoms with Crippen LogP contribution in [0.1, 0.15) is 24.2 Å². The number of nitrogens with one attached hydrogen (secondary N) is 2. The minimum Gasteiger partial charge on any atom is -0.377 e. The van der Waals surface area contributed by atoms with E-state index in [1.54, 1.807) is 0 Å². The van der Waals surface area contributed by atoms with E-state index in [1.165, 1.54) is 18.2 Å². The second-order valence-electron chi connectivity index (χ2n) is 4.31. The molecule has 1 rings (SSSR count). The standard InChI is InChI=1S/C12H18N4O4/c1-8(2)20-6-5-14-12(17)10-7-9(15-13)3-4-11(10)16(18)19/h3-4,7-8,15H,5-6,13H2,1-2H3,(H,14,17). The largest absolute Gasteiger partial charge is 0.377 e. The van der Waals surface area contributed by atoms with Crippen LogP contribution in [0.4, 0.5) is 11.4 Å². The molecule has 110 valence electrons. The van der Waals surface area contributed by atoms with E-state index in [0.29, 0.717) is 12.3 Å². The predicted molar refractivity (Wildman–Crippen MR) is 74.3 cm³/mol. The van der Waals surface area contributed by atoms with Gasteiger partial charge in [0.15, 0.2) is 0 Å². The van der Waals surface area contributed by atoms with Crippen molar-refractivity contribution in [3.63, 3.8) is 0 Å². The lowest BCUT2D eigenvalue weighted by molar-refractivity contribution is -0.385. The molecule has 4 N–H and O–H groups in total. The number of anilines is 1. The minimum atomic E-state index is -0.611. The number of carbonyl (C=O) groups is 1. The van der Waals surface area contributed by atoms with E-state index >= 15 is 0 Å². The Morgan fingerprint density at radius 2 is 2.20 bits per heavy atom. The molecule has 1 aromatic carbocycles. The molecule has 8 heteroatoms. The smallest absolute Gasteiger partial charge is 0.282 e. The molecule has 0 aliphatic rings. The quantitative estimate of drug-likeness (QED) is 0.297. The molecule has 0 unspecified atom stereocenters. The fourth-order valence-electron chi connectivity index (χ4n) is 1.52. The van der Waals surface area contributed by atoms with E-state index in [9.17, 15) is 14.9 Å². The van der Waals surface area contributed by atoms with Crippen molar-refractivity contribution in [2.75, 3.05) is 18.6 Å². The number of nitro groups is 1. The third kappa shape index (κ3) is 4.48. The summed E-state index contributed by atoms with van der Waals surface area (Å²) in [5.41, 5.74) is 2.44. The molecule has 0 heterocycles. The van der Waals surface area contributed by atoms with Gasteiger partial charge >= 0.3 is 0 Å². The average Bonchev–Trinajstić information content (AvgIpc) is 2.42. The number of carbonyl (C=O) groups excluding carboxylic acids is 1. The van der Waals surface area contributed by atoms with E-state index in [1.807, 2.05) is 13.8 Å². The Labute approximate surface area is 116 Å². The second kappa shape index (κ2) is 7.41. The van der Waals surface area contributed by atoms with E-state index in [-0.39, 0.29) is 23.9 Å². The van der Waals surface area contributed by atoms with Crippen LogP contribution in [0.15, 0.2) is 18.2 Å². The first-order valence-corrected chi connectivity index (χ1v) is 6.10. The number of nitrogen functional groups attached to an aromatic ring is 1. The van der Waals surface area contributed by atoms with Gasteiger partial charge in [-0.15, -0.1) is 0 Å². The minimum absolute atomic E-state index is 0.0463. The zero-order valence-electron chi connectivity index (χ0n) is 11.4. The summed E-state index contributed by atoms with van der Waals surface area (Å²) in [5, 5.41) is 13.5. The highest BCUT2D eigenvalue weighted by Gasteiger charge is 2.20. The molecule has 0 saturated heterocycles. The Balaban J connectivity index is 2.77. The number of benzene rings is 1. The van der Waals surface area contributed by atoms with Crippen molar-refractivity contribution in [1.82, 2.24) is 5.32 Å². The topological polar surface area (TPSA) is 120 Å². The summed E-state index contributed by atoms with van der Waals surface area (Å²) in [6.07, 6.45) is 0.0611. The highest BCUT2D eigenvalue weighted by molar-refractivity contribution is 5.99. The van der Waals surface area contributed by atoms with Gasteiger partial charge < -0.3 is 15.5 Å². The van der Waals surface area contributed by atoms with Crippen molar-refractivity contribution in [2.24, 2.45) is 5.84 Å². The van der Waals surface area contributed by atoms with Crippen LogP contribution >= 0.6 is 0 Å². The van der Waals surface area contributed by atoms with Crippen LogP contribution in [-0.2, 0) is 4.74 Å². The van der Waals surface area contributed by atoms with E-state index < -0.39 is 10.8 Å². The normalized spacial score (nSPS) is 10.4. The summed E-state index contributed by atoms with van der Waals surface area (Å²) in [4.78, 5) is 22.2. The summed E-state index contributed by atoms with van der Waals surface area (Å²) in [6.45, 7) is 4.37. The van der Waals surface area contributed by atoms with Crippen LogP contribution in [-0.4, -0.2) is 30.1 Å². The molecule has 0 spiro atoms. The third-order valence-corrected chi connectivity index (χ3v) is 2.44. The first kappa shape index (κ1) is 15.9. The van der Waals surface area contributed by atoms with Crippen LogP contribution < -0.4 is 16.6 Å². The Morgan fingerprint density at radius 1 is 1.50 bits per heavy atom. The van der Waals surface area contributed by atoms with Gasteiger partial charge in [-0.1, -0.05) is 0 Å². The van der Waals surface area contributed by atoms with E-state index in [4.69, 9.17) is 10.6 Å². The average molecular weight is 282 g/mol. The van der Waals surface area contributed by atoms with Gasteiger partial charge in [-0.25, -0.2) is 0 Å². The molecule has 1 amide bonds. The summed E-state index contributed by atoms with van der Waals surface area (Å²) in [6, 6.07) is 3.99. The number of nitrogens with two attached hydrogens (primary N) is 1. The van der Waals surface area contributed by atoms with E-state index in [2.05, 4.69) is 10.7 Å². The van der Waals surface area contributed by atoms with Gasteiger partial charge in [0, 0.05) is 18.3 Å². The fraction of sp³-hybridized carbons (Fsp3) is 0.417. The number of rotatable bonds is 7. The Bertz CT molecular complexity index is 490. The molecule has 0 atom stereocenters. The zero-order chi connectivity index (χ0) is 15.1. The molecular formula is C12H18N4O4. The first-order valence-electron chi connectivity index (χ1n) is 6.10. The summed E-state index contributed by atoms with van der Waals surface area (Å²) in [7, 11) is 0. The molecule has 0 aliphatic heterocycles. The molecule has 0 aromatic heterocycles. The number of hydrazine groups is 1. The number of amides is 1. The third-order valence-electron chi connectivity index (χ3n) is 2.44. The van der Waals surface area contributed by atoms with Gasteiger partial charge in [-0.3, -0.25) is 20.8 Å². The number of nitrogens with zero attached hydrogens (tertiary/aromatic N) is 1. The van der Waals surface area contributed by atoms with Gasteiger partial charge in [-0.05, 0) is 26.0 Å². The lowest BCUT2D eigenvalue weighted by Crippen LogP contribution is -2.28. The highest BCUT2D eigenvalue weighted by atomic mass is 16.6. The van der Waals surface area contributed by atoms with Crippen LogP contribution in [0.25, 0.3) is 0 Å². The summed E-state index contributed by atoms with van der Waals surface area (Å²) >= 11 is 0. The van der Waals surface area contributed by atoms with Gasteiger partial charge in [0.2, 0.25) is 0 Å². The molecule has 0 aliphatic carbocycles.